The lowest BCUT2D eigenvalue weighted by Gasteiger charge is -2.28. The van der Waals surface area contributed by atoms with Crippen LogP contribution < -0.4 is 4.90 Å². The number of rotatable bonds is 4. The molecule has 1 aromatic heterocycles. The molecule has 100 valence electrons. The van der Waals surface area contributed by atoms with Crippen LogP contribution >= 0.6 is 23.2 Å². The molecule has 2 heterocycles. The van der Waals surface area contributed by atoms with Crippen LogP contribution in [0.25, 0.3) is 0 Å². The van der Waals surface area contributed by atoms with E-state index < -0.39 is 0 Å². The Balaban J connectivity index is 2.01. The Bertz CT molecular complexity index is 395. The van der Waals surface area contributed by atoms with Crippen molar-refractivity contribution in [3.63, 3.8) is 0 Å². The first-order valence-electron chi connectivity index (χ1n) is 6.24. The number of aromatic nitrogens is 1. The van der Waals surface area contributed by atoms with Gasteiger partial charge in [-0.05, 0) is 30.9 Å². The lowest BCUT2D eigenvalue weighted by atomic mass is 10.1. The molecular weight excluding hydrogens is 271 g/mol. The highest BCUT2D eigenvalue weighted by Gasteiger charge is 2.18. The van der Waals surface area contributed by atoms with E-state index in [1.165, 1.54) is 12.8 Å². The zero-order valence-corrected chi connectivity index (χ0v) is 12.0. The van der Waals surface area contributed by atoms with Crippen LogP contribution in [0.15, 0.2) is 12.3 Å². The van der Waals surface area contributed by atoms with Gasteiger partial charge in [0.05, 0.1) is 11.1 Å². The summed E-state index contributed by atoms with van der Waals surface area (Å²) in [6.45, 7) is 1.69. The molecule has 0 amide bonds. The topological polar surface area (TPSA) is 25.4 Å². The predicted octanol–water partition coefficient (Wildman–Crippen LogP) is 3.48. The monoisotopic (exact) mass is 288 g/mol. The quantitative estimate of drug-likeness (QED) is 0.793. The molecule has 1 aliphatic rings. The van der Waals surface area contributed by atoms with Gasteiger partial charge >= 0.3 is 0 Å². The summed E-state index contributed by atoms with van der Waals surface area (Å²) in [5.41, 5.74) is 0.938. The van der Waals surface area contributed by atoms with E-state index in [-0.39, 0.29) is 6.10 Å². The van der Waals surface area contributed by atoms with Crippen molar-refractivity contribution in [1.29, 1.82) is 0 Å². The molecule has 0 spiro atoms. The molecule has 0 saturated carbocycles. The predicted molar refractivity (Wildman–Crippen MR) is 75.7 cm³/mol. The van der Waals surface area contributed by atoms with E-state index in [1.54, 1.807) is 6.20 Å². The SMILES string of the molecule is CN(CC1CCCCO1)c1ncc(CCl)cc1Cl. The first-order chi connectivity index (χ1) is 8.70. The number of hydrogen-bond acceptors (Lipinski definition) is 3. The van der Waals surface area contributed by atoms with Crippen molar-refractivity contribution in [2.75, 3.05) is 25.1 Å². The molecule has 1 saturated heterocycles. The zero-order valence-electron chi connectivity index (χ0n) is 10.5. The number of anilines is 1. The van der Waals surface area contributed by atoms with Gasteiger partial charge < -0.3 is 9.64 Å². The van der Waals surface area contributed by atoms with Crippen molar-refractivity contribution in [3.8, 4) is 0 Å². The highest BCUT2D eigenvalue weighted by Crippen LogP contribution is 2.25. The molecule has 1 unspecified atom stereocenters. The maximum atomic E-state index is 6.22. The van der Waals surface area contributed by atoms with Gasteiger partial charge in [-0.2, -0.15) is 0 Å². The fourth-order valence-corrected chi connectivity index (χ4v) is 2.65. The van der Waals surface area contributed by atoms with E-state index in [0.717, 1.165) is 31.0 Å². The number of hydrogen-bond donors (Lipinski definition) is 0. The molecule has 0 bridgehead atoms. The summed E-state index contributed by atoms with van der Waals surface area (Å²) in [5.74, 6) is 1.22. The van der Waals surface area contributed by atoms with Crippen LogP contribution in [0.2, 0.25) is 5.02 Å². The van der Waals surface area contributed by atoms with Crippen molar-refractivity contribution in [3.05, 3.63) is 22.8 Å². The van der Waals surface area contributed by atoms with Gasteiger partial charge in [-0.25, -0.2) is 4.98 Å². The Kier molecular flexibility index (Phi) is 5.10. The fraction of sp³-hybridized carbons (Fsp3) is 0.615. The molecule has 0 N–H and O–H groups in total. The zero-order chi connectivity index (χ0) is 13.0. The molecule has 1 aliphatic heterocycles. The maximum Gasteiger partial charge on any atom is 0.147 e. The second-order valence-corrected chi connectivity index (χ2v) is 5.33. The standard InChI is InChI=1S/C13H18Cl2N2O/c1-17(9-11-4-2-3-5-18-11)13-12(15)6-10(7-14)8-16-13/h6,8,11H,2-5,7,9H2,1H3. The highest BCUT2D eigenvalue weighted by molar-refractivity contribution is 6.33. The first kappa shape index (κ1) is 13.9. The van der Waals surface area contributed by atoms with Crippen LogP contribution in [0.1, 0.15) is 24.8 Å². The summed E-state index contributed by atoms with van der Waals surface area (Å²) in [7, 11) is 1.99. The largest absolute Gasteiger partial charge is 0.376 e. The Morgan fingerprint density at radius 1 is 1.50 bits per heavy atom. The van der Waals surface area contributed by atoms with E-state index in [1.807, 2.05) is 13.1 Å². The molecule has 1 fully saturated rings. The summed E-state index contributed by atoms with van der Waals surface area (Å²) >= 11 is 12.0. The lowest BCUT2D eigenvalue weighted by molar-refractivity contribution is 0.0215. The second-order valence-electron chi connectivity index (χ2n) is 4.65. The third-order valence-electron chi connectivity index (χ3n) is 3.15. The molecule has 18 heavy (non-hydrogen) atoms. The minimum atomic E-state index is 0.286. The van der Waals surface area contributed by atoms with Crippen molar-refractivity contribution in [2.45, 2.75) is 31.2 Å². The van der Waals surface area contributed by atoms with Crippen LogP contribution in [-0.2, 0) is 10.6 Å². The Labute approximate surface area is 118 Å². The number of alkyl halides is 1. The fourth-order valence-electron chi connectivity index (χ4n) is 2.17. The summed E-state index contributed by atoms with van der Waals surface area (Å²) in [5, 5.41) is 0.645. The molecule has 1 atom stereocenters. The number of halogens is 2. The molecular formula is C13H18Cl2N2O. The van der Waals surface area contributed by atoms with Crippen LogP contribution in [0, 0.1) is 0 Å². The number of likely N-dealkylation sites (N-methyl/N-ethyl adjacent to an activating group) is 1. The Hall–Kier alpha value is -0.510. The van der Waals surface area contributed by atoms with Crippen LogP contribution in [0.4, 0.5) is 5.82 Å². The van der Waals surface area contributed by atoms with Gasteiger partial charge in [-0.15, -0.1) is 11.6 Å². The molecule has 1 aromatic rings. The van der Waals surface area contributed by atoms with Crippen molar-refractivity contribution < 1.29 is 4.74 Å². The third kappa shape index (κ3) is 3.50. The van der Waals surface area contributed by atoms with Crippen molar-refractivity contribution >= 4 is 29.0 Å². The van der Waals surface area contributed by atoms with Crippen LogP contribution in [-0.4, -0.2) is 31.3 Å². The summed E-state index contributed by atoms with van der Waals surface area (Å²) in [6.07, 6.45) is 5.58. The third-order valence-corrected chi connectivity index (χ3v) is 3.73. The normalized spacial score (nSPS) is 19.8. The second kappa shape index (κ2) is 6.60. The molecule has 0 radical (unpaired) electrons. The molecule has 3 nitrogen and oxygen atoms in total. The number of pyridine rings is 1. The first-order valence-corrected chi connectivity index (χ1v) is 7.15. The van der Waals surface area contributed by atoms with Gasteiger partial charge in [-0.3, -0.25) is 0 Å². The van der Waals surface area contributed by atoms with Crippen molar-refractivity contribution in [2.24, 2.45) is 0 Å². The van der Waals surface area contributed by atoms with Gasteiger partial charge in [0.15, 0.2) is 0 Å². The van der Waals surface area contributed by atoms with E-state index in [2.05, 4.69) is 9.88 Å². The van der Waals surface area contributed by atoms with Gasteiger partial charge in [0.1, 0.15) is 5.82 Å². The molecule has 0 aromatic carbocycles. The summed E-state index contributed by atoms with van der Waals surface area (Å²) < 4.78 is 5.72. The summed E-state index contributed by atoms with van der Waals surface area (Å²) in [6, 6.07) is 1.87. The number of nitrogens with zero attached hydrogens (tertiary/aromatic N) is 2. The molecule has 0 aliphatic carbocycles. The van der Waals surface area contributed by atoms with E-state index in [0.29, 0.717) is 10.9 Å². The van der Waals surface area contributed by atoms with E-state index >= 15 is 0 Å². The average Bonchev–Trinajstić information content (AvgIpc) is 2.39. The Morgan fingerprint density at radius 3 is 2.94 bits per heavy atom. The maximum absolute atomic E-state index is 6.22. The van der Waals surface area contributed by atoms with Gasteiger partial charge in [0.25, 0.3) is 0 Å². The minimum absolute atomic E-state index is 0.286. The summed E-state index contributed by atoms with van der Waals surface area (Å²) in [4.78, 5) is 6.42. The minimum Gasteiger partial charge on any atom is -0.376 e. The van der Waals surface area contributed by atoms with Gasteiger partial charge in [-0.1, -0.05) is 11.6 Å². The van der Waals surface area contributed by atoms with Gasteiger partial charge in [0.2, 0.25) is 0 Å². The molecule has 5 heteroatoms. The van der Waals surface area contributed by atoms with Crippen LogP contribution in [0.5, 0.6) is 0 Å². The van der Waals surface area contributed by atoms with E-state index in [9.17, 15) is 0 Å². The smallest absolute Gasteiger partial charge is 0.147 e. The highest BCUT2D eigenvalue weighted by atomic mass is 35.5. The Morgan fingerprint density at radius 2 is 2.33 bits per heavy atom. The van der Waals surface area contributed by atoms with Crippen LogP contribution in [0.3, 0.4) is 0 Å². The van der Waals surface area contributed by atoms with E-state index in [4.69, 9.17) is 27.9 Å². The number of ether oxygens (including phenoxy) is 1. The average molecular weight is 289 g/mol. The van der Waals surface area contributed by atoms with Crippen molar-refractivity contribution in [1.82, 2.24) is 4.98 Å². The van der Waals surface area contributed by atoms with Gasteiger partial charge in [0, 0.05) is 32.3 Å². The molecule has 2 rings (SSSR count). The lowest BCUT2D eigenvalue weighted by Crippen LogP contribution is -2.33.